The zero-order chi connectivity index (χ0) is 20.0. The molecule has 0 aromatic heterocycles. The van der Waals surface area contributed by atoms with Crippen molar-refractivity contribution in [3.8, 4) is 0 Å². The first-order valence-electron chi connectivity index (χ1n) is 10.3. The Hall–Kier alpha value is -2.89. The van der Waals surface area contributed by atoms with Crippen LogP contribution in [0.15, 0.2) is 42.5 Å². The molecule has 0 radical (unpaired) electrons. The van der Waals surface area contributed by atoms with Crippen LogP contribution in [0.4, 0.5) is 20.6 Å². The number of carbonyl (C=O) groups is 2. The molecule has 0 saturated heterocycles. The Morgan fingerprint density at radius 3 is 2.59 bits per heavy atom. The number of rotatable bonds is 3. The molecule has 2 aromatic rings. The summed E-state index contributed by atoms with van der Waals surface area (Å²) in [6.45, 7) is 0.516. The molecule has 0 bridgehead atoms. The van der Waals surface area contributed by atoms with Crippen molar-refractivity contribution < 1.29 is 14.0 Å². The van der Waals surface area contributed by atoms with Gasteiger partial charge in [-0.05, 0) is 56.0 Å². The number of benzene rings is 2. The molecule has 2 fully saturated rings. The number of fused-ring (bicyclic) bond motifs is 2. The molecule has 29 heavy (non-hydrogen) atoms. The van der Waals surface area contributed by atoms with Crippen LogP contribution in [0.3, 0.4) is 0 Å². The summed E-state index contributed by atoms with van der Waals surface area (Å²) >= 11 is 0. The quantitative estimate of drug-likeness (QED) is 0.802. The standard InChI is InChI=1S/C23H24FN3O2/c24-18-7-4-8-19-20(18)23(11-1-2-12-23)14-27(19)21(28)15-5-3-6-17(13-15)26-22(29)25-16-9-10-16/h3-8,13,16H,1-2,9-12,14H2,(H2,25,26,29). The zero-order valence-electron chi connectivity index (χ0n) is 16.2. The second kappa shape index (κ2) is 6.87. The summed E-state index contributed by atoms with van der Waals surface area (Å²) in [5.41, 5.74) is 2.17. The van der Waals surface area contributed by atoms with Gasteiger partial charge < -0.3 is 15.5 Å². The van der Waals surface area contributed by atoms with Gasteiger partial charge in [0.1, 0.15) is 5.82 Å². The van der Waals surface area contributed by atoms with Gasteiger partial charge in [0.05, 0.1) is 5.69 Å². The van der Waals surface area contributed by atoms with Gasteiger partial charge in [0.2, 0.25) is 0 Å². The highest BCUT2D eigenvalue weighted by atomic mass is 19.1. The number of hydrogen-bond acceptors (Lipinski definition) is 2. The number of halogens is 1. The lowest BCUT2D eigenvalue weighted by Crippen LogP contribution is -2.35. The number of anilines is 2. The highest BCUT2D eigenvalue weighted by molar-refractivity contribution is 6.08. The molecular weight excluding hydrogens is 369 g/mol. The maximum absolute atomic E-state index is 14.8. The van der Waals surface area contributed by atoms with Crippen molar-refractivity contribution in [1.82, 2.24) is 5.32 Å². The fourth-order valence-electron chi connectivity index (χ4n) is 4.84. The minimum Gasteiger partial charge on any atom is -0.335 e. The van der Waals surface area contributed by atoms with E-state index in [9.17, 15) is 14.0 Å². The summed E-state index contributed by atoms with van der Waals surface area (Å²) in [5.74, 6) is -0.376. The third kappa shape index (κ3) is 3.26. The van der Waals surface area contributed by atoms with Gasteiger partial charge in [-0.15, -0.1) is 0 Å². The lowest BCUT2D eigenvalue weighted by atomic mass is 9.80. The second-order valence-corrected chi connectivity index (χ2v) is 8.47. The van der Waals surface area contributed by atoms with Gasteiger partial charge in [-0.25, -0.2) is 9.18 Å². The van der Waals surface area contributed by atoms with Crippen LogP contribution in [0.2, 0.25) is 0 Å². The summed E-state index contributed by atoms with van der Waals surface area (Å²) < 4.78 is 14.8. The monoisotopic (exact) mass is 393 g/mol. The van der Waals surface area contributed by atoms with Crippen molar-refractivity contribution in [1.29, 1.82) is 0 Å². The van der Waals surface area contributed by atoms with Gasteiger partial charge in [0.25, 0.3) is 5.91 Å². The summed E-state index contributed by atoms with van der Waals surface area (Å²) in [7, 11) is 0. The van der Waals surface area contributed by atoms with Gasteiger partial charge in [-0.3, -0.25) is 4.79 Å². The number of hydrogen-bond donors (Lipinski definition) is 2. The smallest absolute Gasteiger partial charge is 0.319 e. The largest absolute Gasteiger partial charge is 0.335 e. The summed E-state index contributed by atoms with van der Waals surface area (Å²) in [6, 6.07) is 12.0. The molecule has 3 amide bonds. The molecule has 150 valence electrons. The van der Waals surface area contributed by atoms with E-state index in [1.54, 1.807) is 35.2 Å². The van der Waals surface area contributed by atoms with E-state index >= 15 is 0 Å². The van der Waals surface area contributed by atoms with Crippen molar-refractivity contribution >= 4 is 23.3 Å². The van der Waals surface area contributed by atoms with Gasteiger partial charge in [0.15, 0.2) is 0 Å². The van der Waals surface area contributed by atoms with Crippen molar-refractivity contribution in [3.63, 3.8) is 0 Å². The number of amides is 3. The van der Waals surface area contributed by atoms with E-state index in [2.05, 4.69) is 10.6 Å². The second-order valence-electron chi connectivity index (χ2n) is 8.47. The highest BCUT2D eigenvalue weighted by Gasteiger charge is 2.48. The van der Waals surface area contributed by atoms with Crippen molar-refractivity contribution in [3.05, 3.63) is 59.4 Å². The minimum atomic E-state index is -0.268. The molecule has 2 aromatic carbocycles. The van der Waals surface area contributed by atoms with E-state index in [4.69, 9.17) is 0 Å². The van der Waals surface area contributed by atoms with Gasteiger partial charge in [-0.1, -0.05) is 25.0 Å². The number of nitrogens with one attached hydrogen (secondary N) is 2. The van der Waals surface area contributed by atoms with E-state index in [0.29, 0.717) is 29.0 Å². The SMILES string of the molecule is O=C(Nc1cccc(C(=O)N2CC3(CCCC3)c3c(F)cccc32)c1)NC1CC1. The van der Waals surface area contributed by atoms with Crippen LogP contribution in [-0.2, 0) is 5.41 Å². The Morgan fingerprint density at radius 1 is 1.07 bits per heavy atom. The van der Waals surface area contributed by atoms with Crippen LogP contribution in [-0.4, -0.2) is 24.5 Å². The molecule has 1 aliphatic heterocycles. The first kappa shape index (κ1) is 18.2. The summed E-state index contributed by atoms with van der Waals surface area (Å²) in [4.78, 5) is 27.1. The van der Waals surface area contributed by atoms with Crippen LogP contribution in [0.1, 0.15) is 54.4 Å². The Balaban J connectivity index is 1.42. The molecule has 5 rings (SSSR count). The lowest BCUT2D eigenvalue weighted by molar-refractivity contribution is 0.0985. The molecule has 2 saturated carbocycles. The molecule has 2 N–H and O–H groups in total. The maximum atomic E-state index is 14.8. The molecule has 0 unspecified atom stereocenters. The predicted octanol–water partition coefficient (Wildman–Crippen LogP) is 4.58. The van der Waals surface area contributed by atoms with Crippen LogP contribution < -0.4 is 15.5 Å². The van der Waals surface area contributed by atoms with Crippen molar-refractivity contribution in [2.24, 2.45) is 0 Å². The van der Waals surface area contributed by atoms with Crippen molar-refractivity contribution in [2.75, 3.05) is 16.8 Å². The molecule has 3 aliphatic rings. The topological polar surface area (TPSA) is 61.4 Å². The fourth-order valence-corrected chi connectivity index (χ4v) is 4.84. The van der Waals surface area contributed by atoms with E-state index in [0.717, 1.165) is 38.5 Å². The van der Waals surface area contributed by atoms with Crippen LogP contribution >= 0.6 is 0 Å². The number of carbonyl (C=O) groups excluding carboxylic acids is 2. The third-order valence-electron chi connectivity index (χ3n) is 6.36. The molecule has 0 atom stereocenters. The van der Waals surface area contributed by atoms with E-state index in [1.165, 1.54) is 6.07 Å². The van der Waals surface area contributed by atoms with Crippen LogP contribution in [0.25, 0.3) is 0 Å². The van der Waals surface area contributed by atoms with E-state index < -0.39 is 0 Å². The molecule has 5 nitrogen and oxygen atoms in total. The molecule has 1 heterocycles. The number of nitrogens with zero attached hydrogens (tertiary/aromatic N) is 1. The van der Waals surface area contributed by atoms with Crippen LogP contribution in [0, 0.1) is 5.82 Å². The third-order valence-corrected chi connectivity index (χ3v) is 6.36. The predicted molar refractivity (Wildman–Crippen MR) is 110 cm³/mol. The van der Waals surface area contributed by atoms with Crippen molar-refractivity contribution in [2.45, 2.75) is 50.0 Å². The molecule has 1 spiro atoms. The maximum Gasteiger partial charge on any atom is 0.319 e. The Kier molecular flexibility index (Phi) is 4.30. The van der Waals surface area contributed by atoms with Gasteiger partial charge >= 0.3 is 6.03 Å². The minimum absolute atomic E-state index is 0.160. The molecule has 2 aliphatic carbocycles. The highest BCUT2D eigenvalue weighted by Crippen LogP contribution is 2.51. The summed E-state index contributed by atoms with van der Waals surface area (Å²) in [5, 5.41) is 5.67. The zero-order valence-corrected chi connectivity index (χ0v) is 16.2. The number of urea groups is 1. The first-order chi connectivity index (χ1) is 14.1. The fraction of sp³-hybridized carbons (Fsp3) is 0.391. The Morgan fingerprint density at radius 2 is 1.83 bits per heavy atom. The average molecular weight is 393 g/mol. The van der Waals surface area contributed by atoms with E-state index in [-0.39, 0.29) is 29.2 Å². The van der Waals surface area contributed by atoms with Crippen LogP contribution in [0.5, 0.6) is 0 Å². The van der Waals surface area contributed by atoms with Gasteiger partial charge in [-0.2, -0.15) is 0 Å². The molecule has 6 heteroatoms. The lowest BCUT2D eigenvalue weighted by Gasteiger charge is -2.25. The summed E-state index contributed by atoms with van der Waals surface area (Å²) in [6.07, 6.45) is 5.97. The Bertz CT molecular complexity index is 980. The van der Waals surface area contributed by atoms with Gasteiger partial charge in [0, 0.05) is 34.8 Å². The Labute approximate surface area is 169 Å². The van der Waals surface area contributed by atoms with E-state index in [1.807, 2.05) is 6.07 Å². The first-order valence-corrected chi connectivity index (χ1v) is 10.3. The molecular formula is C23H24FN3O2. The normalized spacial score (nSPS) is 19.3. The average Bonchev–Trinajstić information content (AvgIpc) is 3.29.